The van der Waals surface area contributed by atoms with Gasteiger partial charge in [0.05, 0.1) is 0 Å². The number of halogens is 1. The van der Waals surface area contributed by atoms with Crippen molar-refractivity contribution in [3.8, 4) is 22.3 Å². The number of aryl methyl sites for hydroxylation is 2. The van der Waals surface area contributed by atoms with Crippen LogP contribution in [0.15, 0.2) is 60.8 Å². The molecule has 0 radical (unpaired) electrons. The Hall–Kier alpha value is -2.48. The van der Waals surface area contributed by atoms with E-state index in [0.717, 1.165) is 35.2 Å². The minimum Gasteiger partial charge on any atom is -0.261 e. The third-order valence-electron chi connectivity index (χ3n) is 5.07. The first kappa shape index (κ1) is 19.3. The Kier molecular flexibility index (Phi) is 6.75. The van der Waals surface area contributed by atoms with E-state index in [2.05, 4.69) is 31.0 Å². The van der Waals surface area contributed by atoms with Gasteiger partial charge in [0, 0.05) is 23.0 Å². The summed E-state index contributed by atoms with van der Waals surface area (Å²) in [6.45, 7) is 4.30. The molecule has 0 amide bonds. The summed E-state index contributed by atoms with van der Waals surface area (Å²) in [6.07, 6.45) is 8.88. The number of pyridine rings is 1. The maximum Gasteiger partial charge on any atom is 0.131 e. The number of unbranched alkanes of at least 4 members (excludes halogenated alkanes) is 3. The molecule has 0 spiro atoms. The fraction of sp³-hybridized carbons (Fsp3) is 0.320. The number of nitrogens with zero attached hydrogens (tertiary/aromatic N) is 1. The molecule has 2 aromatic carbocycles. The Labute approximate surface area is 162 Å². The van der Waals surface area contributed by atoms with E-state index in [4.69, 9.17) is 0 Å². The number of rotatable bonds is 8. The van der Waals surface area contributed by atoms with Gasteiger partial charge in [0.15, 0.2) is 0 Å². The van der Waals surface area contributed by atoms with Crippen molar-refractivity contribution in [1.82, 2.24) is 4.98 Å². The molecule has 0 N–H and O–H groups in total. The fourth-order valence-electron chi connectivity index (χ4n) is 3.34. The maximum atomic E-state index is 14.7. The highest BCUT2D eigenvalue weighted by atomic mass is 19.1. The molecule has 0 bridgehead atoms. The van der Waals surface area contributed by atoms with E-state index in [9.17, 15) is 4.39 Å². The predicted octanol–water partition coefficient (Wildman–Crippen LogP) is 7.24. The van der Waals surface area contributed by atoms with Gasteiger partial charge in [-0.1, -0.05) is 75.6 Å². The van der Waals surface area contributed by atoms with Crippen molar-refractivity contribution in [3.05, 3.63) is 77.9 Å². The molecule has 0 atom stereocenters. The van der Waals surface area contributed by atoms with Crippen LogP contribution in [0.2, 0.25) is 0 Å². The molecule has 3 rings (SSSR count). The normalized spacial score (nSPS) is 10.9. The molecule has 1 heterocycles. The lowest BCUT2D eigenvalue weighted by atomic mass is 9.98. The zero-order chi connectivity index (χ0) is 19.1. The van der Waals surface area contributed by atoms with E-state index in [0.29, 0.717) is 5.56 Å². The molecule has 3 aromatic rings. The summed E-state index contributed by atoms with van der Waals surface area (Å²) < 4.78 is 14.7. The van der Waals surface area contributed by atoms with Crippen molar-refractivity contribution in [2.24, 2.45) is 0 Å². The van der Waals surface area contributed by atoms with Crippen molar-refractivity contribution in [2.45, 2.75) is 52.4 Å². The van der Waals surface area contributed by atoms with E-state index < -0.39 is 0 Å². The summed E-state index contributed by atoms with van der Waals surface area (Å²) in [5.41, 5.74) is 5.75. The standard InChI is InChI=1S/C25H28FN/c1-3-5-6-7-8-19-9-11-20(12-10-19)24-16-14-21(17-25(24)26)22-13-15-23(4-2)27-18-22/h9-18H,3-8H2,1-2H3. The van der Waals surface area contributed by atoms with Crippen molar-refractivity contribution < 1.29 is 4.39 Å². The highest BCUT2D eigenvalue weighted by Gasteiger charge is 2.08. The van der Waals surface area contributed by atoms with Gasteiger partial charge in [-0.2, -0.15) is 0 Å². The van der Waals surface area contributed by atoms with Crippen LogP contribution in [0.5, 0.6) is 0 Å². The van der Waals surface area contributed by atoms with Crippen LogP contribution in [0.1, 0.15) is 50.8 Å². The lowest BCUT2D eigenvalue weighted by Crippen LogP contribution is -1.90. The van der Waals surface area contributed by atoms with E-state index in [-0.39, 0.29) is 5.82 Å². The van der Waals surface area contributed by atoms with Crippen LogP contribution in [0.3, 0.4) is 0 Å². The lowest BCUT2D eigenvalue weighted by molar-refractivity contribution is 0.632. The third kappa shape index (κ3) is 5.03. The summed E-state index contributed by atoms with van der Waals surface area (Å²) >= 11 is 0. The van der Waals surface area contributed by atoms with Crippen LogP contribution < -0.4 is 0 Å². The molecular weight excluding hydrogens is 333 g/mol. The van der Waals surface area contributed by atoms with Crippen LogP contribution in [-0.2, 0) is 12.8 Å². The average molecular weight is 362 g/mol. The number of hydrogen-bond acceptors (Lipinski definition) is 1. The molecule has 1 aromatic heterocycles. The van der Waals surface area contributed by atoms with Gasteiger partial charge in [0.1, 0.15) is 5.82 Å². The monoisotopic (exact) mass is 361 g/mol. The highest BCUT2D eigenvalue weighted by molar-refractivity contribution is 5.70. The molecule has 1 nitrogen and oxygen atoms in total. The third-order valence-corrected chi connectivity index (χ3v) is 5.07. The number of hydrogen-bond donors (Lipinski definition) is 0. The van der Waals surface area contributed by atoms with Gasteiger partial charge in [-0.3, -0.25) is 4.98 Å². The van der Waals surface area contributed by atoms with Gasteiger partial charge in [-0.15, -0.1) is 0 Å². The average Bonchev–Trinajstić information content (AvgIpc) is 2.72. The molecule has 0 fully saturated rings. The zero-order valence-electron chi connectivity index (χ0n) is 16.3. The van der Waals surface area contributed by atoms with E-state index in [1.54, 1.807) is 6.07 Å². The molecule has 0 aliphatic carbocycles. The Morgan fingerprint density at radius 2 is 1.52 bits per heavy atom. The van der Waals surface area contributed by atoms with Crippen LogP contribution in [-0.4, -0.2) is 4.98 Å². The molecule has 0 unspecified atom stereocenters. The molecule has 0 saturated carbocycles. The first-order chi connectivity index (χ1) is 13.2. The molecule has 27 heavy (non-hydrogen) atoms. The highest BCUT2D eigenvalue weighted by Crippen LogP contribution is 2.28. The van der Waals surface area contributed by atoms with Crippen molar-refractivity contribution in [2.75, 3.05) is 0 Å². The lowest BCUT2D eigenvalue weighted by Gasteiger charge is -2.08. The Morgan fingerprint density at radius 3 is 2.15 bits per heavy atom. The Bertz CT molecular complexity index is 850. The summed E-state index contributed by atoms with van der Waals surface area (Å²) in [5, 5.41) is 0. The summed E-state index contributed by atoms with van der Waals surface area (Å²) in [4.78, 5) is 4.41. The van der Waals surface area contributed by atoms with Gasteiger partial charge in [-0.25, -0.2) is 4.39 Å². The topological polar surface area (TPSA) is 12.9 Å². The fourth-order valence-corrected chi connectivity index (χ4v) is 3.34. The Balaban J connectivity index is 1.73. The zero-order valence-corrected chi connectivity index (χ0v) is 16.3. The SMILES string of the molecule is CCCCCCc1ccc(-c2ccc(-c3ccc(CC)nc3)cc2F)cc1. The van der Waals surface area contributed by atoms with Crippen molar-refractivity contribution in [3.63, 3.8) is 0 Å². The first-order valence-corrected chi connectivity index (χ1v) is 10.1. The van der Waals surface area contributed by atoms with Gasteiger partial charge in [-0.05, 0) is 48.1 Å². The Morgan fingerprint density at radius 1 is 0.778 bits per heavy atom. The van der Waals surface area contributed by atoms with E-state index in [1.165, 1.54) is 31.2 Å². The van der Waals surface area contributed by atoms with Crippen molar-refractivity contribution in [1.29, 1.82) is 0 Å². The largest absolute Gasteiger partial charge is 0.261 e. The smallest absolute Gasteiger partial charge is 0.131 e. The second kappa shape index (κ2) is 9.45. The van der Waals surface area contributed by atoms with Gasteiger partial charge in [0.2, 0.25) is 0 Å². The second-order valence-electron chi connectivity index (χ2n) is 7.09. The van der Waals surface area contributed by atoms with Gasteiger partial charge < -0.3 is 0 Å². The van der Waals surface area contributed by atoms with Crippen LogP contribution in [0, 0.1) is 5.82 Å². The van der Waals surface area contributed by atoms with Gasteiger partial charge in [0.25, 0.3) is 0 Å². The molecule has 0 aliphatic rings. The predicted molar refractivity (Wildman–Crippen MR) is 112 cm³/mol. The van der Waals surface area contributed by atoms with Crippen LogP contribution >= 0.6 is 0 Å². The second-order valence-corrected chi connectivity index (χ2v) is 7.09. The van der Waals surface area contributed by atoms with Gasteiger partial charge >= 0.3 is 0 Å². The molecule has 0 saturated heterocycles. The van der Waals surface area contributed by atoms with Crippen molar-refractivity contribution >= 4 is 0 Å². The maximum absolute atomic E-state index is 14.7. The van der Waals surface area contributed by atoms with Crippen LogP contribution in [0.4, 0.5) is 4.39 Å². The minimum absolute atomic E-state index is 0.192. The minimum atomic E-state index is -0.192. The van der Waals surface area contributed by atoms with Crippen LogP contribution in [0.25, 0.3) is 22.3 Å². The number of aromatic nitrogens is 1. The summed E-state index contributed by atoms with van der Waals surface area (Å²) in [6, 6.07) is 17.8. The van der Waals surface area contributed by atoms with E-state index >= 15 is 0 Å². The molecular formula is C25H28FN. The molecule has 0 aliphatic heterocycles. The summed E-state index contributed by atoms with van der Waals surface area (Å²) in [5.74, 6) is -0.192. The van der Waals surface area contributed by atoms with E-state index in [1.807, 2.05) is 42.6 Å². The summed E-state index contributed by atoms with van der Waals surface area (Å²) in [7, 11) is 0. The molecule has 2 heteroatoms. The first-order valence-electron chi connectivity index (χ1n) is 10.1. The molecule has 140 valence electrons. The quantitative estimate of drug-likeness (QED) is 0.385. The number of benzene rings is 2.